The normalized spacial score (nSPS) is 21.0. The summed E-state index contributed by atoms with van der Waals surface area (Å²) in [5.41, 5.74) is 1.99. The first-order chi connectivity index (χ1) is 11.1. The van der Waals surface area contributed by atoms with Gasteiger partial charge in [-0.1, -0.05) is 29.0 Å². The van der Waals surface area contributed by atoms with Crippen molar-refractivity contribution in [2.45, 2.75) is 38.7 Å². The molecule has 23 heavy (non-hydrogen) atoms. The summed E-state index contributed by atoms with van der Waals surface area (Å²) in [6.07, 6.45) is 4.19. The summed E-state index contributed by atoms with van der Waals surface area (Å²) in [5, 5.41) is 1.45. The third kappa shape index (κ3) is 2.97. The number of anilines is 1. The van der Waals surface area contributed by atoms with Gasteiger partial charge in [0, 0.05) is 12.5 Å². The molecule has 4 nitrogen and oxygen atoms in total. The van der Waals surface area contributed by atoms with Gasteiger partial charge in [-0.05, 0) is 44.2 Å². The molecule has 1 saturated carbocycles. The van der Waals surface area contributed by atoms with Crippen molar-refractivity contribution in [1.82, 2.24) is 4.98 Å². The number of carbonyl (C=O) groups is 1. The zero-order valence-electron chi connectivity index (χ0n) is 13.0. The molecule has 2 aromatic rings. The molecule has 2 aliphatic rings. The van der Waals surface area contributed by atoms with Gasteiger partial charge in [-0.15, -0.1) is 0 Å². The second kappa shape index (κ2) is 6.04. The Labute approximate surface area is 144 Å². The Balaban J connectivity index is 1.71. The lowest BCUT2D eigenvalue weighted by molar-refractivity contribution is -0.120. The van der Waals surface area contributed by atoms with Crippen LogP contribution in [-0.4, -0.2) is 30.1 Å². The lowest BCUT2D eigenvalue weighted by Gasteiger charge is -2.23. The topological polar surface area (TPSA) is 42.4 Å². The predicted octanol–water partition coefficient (Wildman–Crippen LogP) is 4.18. The van der Waals surface area contributed by atoms with Crippen LogP contribution in [0.4, 0.5) is 5.13 Å². The zero-order chi connectivity index (χ0) is 16.0. The van der Waals surface area contributed by atoms with Gasteiger partial charge in [-0.3, -0.25) is 9.69 Å². The second-order valence-electron chi connectivity index (χ2n) is 6.40. The Bertz CT molecular complexity index is 711. The third-order valence-corrected chi connectivity index (χ3v) is 6.06. The summed E-state index contributed by atoms with van der Waals surface area (Å²) in [4.78, 5) is 19.3. The van der Waals surface area contributed by atoms with Crippen LogP contribution in [0.1, 0.15) is 31.2 Å². The maximum absolute atomic E-state index is 12.7. The van der Waals surface area contributed by atoms with Crippen molar-refractivity contribution in [2.75, 3.05) is 18.1 Å². The van der Waals surface area contributed by atoms with Crippen LogP contribution in [0.25, 0.3) is 10.2 Å². The molecule has 0 spiro atoms. The summed E-state index contributed by atoms with van der Waals surface area (Å²) in [7, 11) is 0. The molecule has 0 radical (unpaired) electrons. The molecule has 1 aliphatic carbocycles. The minimum Gasteiger partial charge on any atom is -0.376 e. The van der Waals surface area contributed by atoms with Gasteiger partial charge in [0.2, 0.25) is 5.91 Å². The summed E-state index contributed by atoms with van der Waals surface area (Å²) < 4.78 is 6.69. The monoisotopic (exact) mass is 350 g/mol. The average Bonchev–Trinajstić information content (AvgIpc) is 3.08. The smallest absolute Gasteiger partial charge is 0.231 e. The highest BCUT2D eigenvalue weighted by atomic mass is 35.5. The number of thiazole rings is 1. The number of fused-ring (bicyclic) bond motifs is 1. The number of halogens is 1. The van der Waals surface area contributed by atoms with E-state index in [9.17, 15) is 4.79 Å². The van der Waals surface area contributed by atoms with Gasteiger partial charge in [0.05, 0.1) is 27.9 Å². The lowest BCUT2D eigenvalue weighted by atomic mass is 10.2. The molecular weight excluding hydrogens is 332 g/mol. The Morgan fingerprint density at radius 2 is 2.26 bits per heavy atom. The fourth-order valence-electron chi connectivity index (χ4n) is 3.01. The number of aromatic nitrogens is 1. The van der Waals surface area contributed by atoms with Crippen LogP contribution in [-0.2, 0) is 9.53 Å². The highest BCUT2D eigenvalue weighted by Gasteiger charge is 2.36. The molecule has 1 saturated heterocycles. The Hall–Kier alpha value is -1.17. The van der Waals surface area contributed by atoms with Gasteiger partial charge in [-0.25, -0.2) is 4.98 Å². The molecule has 1 atom stereocenters. The fourth-order valence-corrected chi connectivity index (χ4v) is 4.34. The Kier molecular flexibility index (Phi) is 4.03. The molecule has 1 aromatic carbocycles. The standard InChI is InChI=1S/C17H19ClN2O2S/c1-10-4-7-13(18)15-14(10)19-17(23-15)20(16(21)11-5-6-11)9-12-3-2-8-22-12/h4,7,11-12H,2-3,5-6,8-9H2,1H3. The maximum Gasteiger partial charge on any atom is 0.231 e. The number of rotatable bonds is 4. The van der Waals surface area contributed by atoms with Crippen LogP contribution >= 0.6 is 22.9 Å². The van der Waals surface area contributed by atoms with Crippen molar-refractivity contribution in [3.05, 3.63) is 22.7 Å². The highest BCUT2D eigenvalue weighted by molar-refractivity contribution is 7.23. The molecule has 2 fully saturated rings. The number of carbonyl (C=O) groups excluding carboxylic acids is 1. The van der Waals surface area contributed by atoms with E-state index >= 15 is 0 Å². The van der Waals surface area contributed by atoms with Gasteiger partial charge in [0.25, 0.3) is 0 Å². The molecule has 0 bridgehead atoms. The Morgan fingerprint density at radius 1 is 1.43 bits per heavy atom. The van der Waals surface area contributed by atoms with Gasteiger partial charge >= 0.3 is 0 Å². The second-order valence-corrected chi connectivity index (χ2v) is 7.78. The first kappa shape index (κ1) is 15.4. The first-order valence-corrected chi connectivity index (χ1v) is 9.31. The molecule has 1 aliphatic heterocycles. The third-order valence-electron chi connectivity index (χ3n) is 4.52. The number of benzene rings is 1. The molecule has 2 heterocycles. The van der Waals surface area contributed by atoms with E-state index < -0.39 is 0 Å². The van der Waals surface area contributed by atoms with Crippen LogP contribution in [0.5, 0.6) is 0 Å². The van der Waals surface area contributed by atoms with E-state index in [0.717, 1.165) is 53.2 Å². The number of nitrogens with zero attached hydrogens (tertiary/aromatic N) is 2. The number of hydrogen-bond donors (Lipinski definition) is 0. The number of hydrogen-bond acceptors (Lipinski definition) is 4. The summed E-state index contributed by atoms with van der Waals surface area (Å²) in [6, 6.07) is 3.87. The predicted molar refractivity (Wildman–Crippen MR) is 93.4 cm³/mol. The van der Waals surface area contributed by atoms with Crippen molar-refractivity contribution in [3.63, 3.8) is 0 Å². The number of ether oxygens (including phenoxy) is 1. The molecule has 1 amide bonds. The van der Waals surface area contributed by atoms with Gasteiger partial charge < -0.3 is 4.74 Å². The van der Waals surface area contributed by atoms with Gasteiger partial charge in [0.15, 0.2) is 5.13 Å². The summed E-state index contributed by atoms with van der Waals surface area (Å²) in [6.45, 7) is 3.42. The van der Waals surface area contributed by atoms with Gasteiger partial charge in [0.1, 0.15) is 0 Å². The van der Waals surface area contributed by atoms with Crippen LogP contribution < -0.4 is 4.90 Å². The van der Waals surface area contributed by atoms with E-state index in [1.54, 1.807) is 0 Å². The van der Waals surface area contributed by atoms with E-state index in [1.165, 1.54) is 11.3 Å². The largest absolute Gasteiger partial charge is 0.376 e. The average molecular weight is 351 g/mol. The van der Waals surface area contributed by atoms with Crippen LogP contribution in [0, 0.1) is 12.8 Å². The SMILES string of the molecule is Cc1ccc(Cl)c2sc(N(CC3CCCO3)C(=O)C3CC3)nc12. The van der Waals surface area contributed by atoms with Gasteiger partial charge in [-0.2, -0.15) is 0 Å². The number of amides is 1. The van der Waals surface area contributed by atoms with Crippen molar-refractivity contribution in [3.8, 4) is 0 Å². The summed E-state index contributed by atoms with van der Waals surface area (Å²) in [5.74, 6) is 0.355. The maximum atomic E-state index is 12.7. The molecule has 122 valence electrons. The number of aryl methyl sites for hydroxylation is 1. The Morgan fingerprint density at radius 3 is 2.91 bits per heavy atom. The van der Waals surface area contributed by atoms with Crippen LogP contribution in [0.3, 0.4) is 0 Å². The summed E-state index contributed by atoms with van der Waals surface area (Å²) >= 11 is 7.82. The highest BCUT2D eigenvalue weighted by Crippen LogP contribution is 2.39. The van der Waals surface area contributed by atoms with E-state index in [-0.39, 0.29) is 17.9 Å². The molecule has 4 rings (SSSR count). The van der Waals surface area contributed by atoms with Crippen molar-refractivity contribution >= 4 is 44.2 Å². The molecule has 0 N–H and O–H groups in total. The van der Waals surface area contributed by atoms with E-state index in [4.69, 9.17) is 21.3 Å². The van der Waals surface area contributed by atoms with Crippen molar-refractivity contribution in [1.29, 1.82) is 0 Å². The minimum atomic E-state index is 0.126. The van der Waals surface area contributed by atoms with E-state index in [0.29, 0.717) is 11.6 Å². The quantitative estimate of drug-likeness (QED) is 0.830. The molecular formula is C17H19ClN2O2S. The van der Waals surface area contributed by atoms with Crippen LogP contribution in [0.15, 0.2) is 12.1 Å². The first-order valence-electron chi connectivity index (χ1n) is 8.12. The van der Waals surface area contributed by atoms with Crippen molar-refractivity contribution in [2.24, 2.45) is 5.92 Å². The molecule has 1 unspecified atom stereocenters. The molecule has 1 aromatic heterocycles. The van der Waals surface area contributed by atoms with Crippen molar-refractivity contribution < 1.29 is 9.53 Å². The fraction of sp³-hybridized carbons (Fsp3) is 0.529. The lowest BCUT2D eigenvalue weighted by Crippen LogP contribution is -2.38. The van der Waals surface area contributed by atoms with Crippen LogP contribution in [0.2, 0.25) is 5.02 Å². The minimum absolute atomic E-state index is 0.126. The zero-order valence-corrected chi connectivity index (χ0v) is 14.6. The van der Waals surface area contributed by atoms with E-state index in [2.05, 4.69) is 0 Å². The molecule has 6 heteroatoms. The van der Waals surface area contributed by atoms with E-state index in [1.807, 2.05) is 24.0 Å².